The van der Waals surface area contributed by atoms with Gasteiger partial charge in [-0.15, -0.1) is 0 Å². The molecule has 0 unspecified atom stereocenters. The largest absolute Gasteiger partial charge is 0.495 e. The summed E-state index contributed by atoms with van der Waals surface area (Å²) in [4.78, 5) is 31.8. The van der Waals surface area contributed by atoms with E-state index in [1.807, 2.05) is 30.3 Å². The molecule has 1 atom stereocenters. The zero-order valence-corrected chi connectivity index (χ0v) is 20.2. The van der Waals surface area contributed by atoms with E-state index in [2.05, 4.69) is 22.8 Å². The standard InChI is InChI=1S/C27H35N3O4/c1-3-4-5-8-19-34-22-13-11-21(12-14-22)30-26(31)20-24(27(30)32)29-17-15-28(16-18-29)23-9-6-7-10-25(23)33-2/h6-7,9-14,24H,3-5,8,15-20H2,1-2H3/t24-/m1/s1. The maximum atomic E-state index is 13.2. The van der Waals surface area contributed by atoms with E-state index in [-0.39, 0.29) is 18.2 Å². The zero-order valence-electron chi connectivity index (χ0n) is 20.2. The third kappa shape index (κ3) is 5.36. The number of hydrogen-bond donors (Lipinski definition) is 0. The normalized spacial score (nSPS) is 19.1. The van der Waals surface area contributed by atoms with Crippen LogP contribution in [0.5, 0.6) is 11.5 Å². The summed E-state index contributed by atoms with van der Waals surface area (Å²) in [6.07, 6.45) is 4.84. The van der Waals surface area contributed by atoms with Crippen molar-refractivity contribution in [3.05, 3.63) is 48.5 Å². The molecule has 0 N–H and O–H groups in total. The van der Waals surface area contributed by atoms with Crippen LogP contribution in [0.3, 0.4) is 0 Å². The van der Waals surface area contributed by atoms with Crippen LogP contribution in [0.25, 0.3) is 0 Å². The number of hydrogen-bond acceptors (Lipinski definition) is 6. The first-order chi connectivity index (χ1) is 16.6. The summed E-state index contributed by atoms with van der Waals surface area (Å²) < 4.78 is 11.3. The number of benzene rings is 2. The smallest absolute Gasteiger partial charge is 0.251 e. The number of carbonyl (C=O) groups is 2. The van der Waals surface area contributed by atoms with Crippen molar-refractivity contribution in [2.24, 2.45) is 0 Å². The number of imide groups is 1. The van der Waals surface area contributed by atoms with Crippen LogP contribution in [0.2, 0.25) is 0 Å². The molecule has 34 heavy (non-hydrogen) atoms. The number of nitrogens with zero attached hydrogens (tertiary/aromatic N) is 3. The van der Waals surface area contributed by atoms with E-state index in [9.17, 15) is 9.59 Å². The quantitative estimate of drug-likeness (QED) is 0.389. The predicted molar refractivity (Wildman–Crippen MR) is 134 cm³/mol. The molecule has 182 valence electrons. The van der Waals surface area contributed by atoms with Gasteiger partial charge in [-0.3, -0.25) is 14.5 Å². The number of methoxy groups -OCH3 is 1. The van der Waals surface area contributed by atoms with E-state index in [0.29, 0.717) is 12.3 Å². The van der Waals surface area contributed by atoms with Crippen molar-refractivity contribution < 1.29 is 19.1 Å². The summed E-state index contributed by atoms with van der Waals surface area (Å²) in [5.74, 6) is 1.34. The summed E-state index contributed by atoms with van der Waals surface area (Å²) in [7, 11) is 1.68. The molecule has 7 nitrogen and oxygen atoms in total. The van der Waals surface area contributed by atoms with Crippen LogP contribution in [0.4, 0.5) is 11.4 Å². The summed E-state index contributed by atoms with van der Waals surface area (Å²) >= 11 is 0. The van der Waals surface area contributed by atoms with Gasteiger partial charge in [-0.25, -0.2) is 4.90 Å². The topological polar surface area (TPSA) is 62.3 Å². The van der Waals surface area contributed by atoms with E-state index < -0.39 is 6.04 Å². The minimum absolute atomic E-state index is 0.135. The molecular weight excluding hydrogens is 430 g/mol. The Balaban J connectivity index is 1.33. The molecule has 0 aromatic heterocycles. The van der Waals surface area contributed by atoms with Gasteiger partial charge in [-0.1, -0.05) is 38.3 Å². The van der Waals surface area contributed by atoms with Gasteiger partial charge in [0.25, 0.3) is 5.91 Å². The second kappa shape index (κ2) is 11.4. The molecule has 2 fully saturated rings. The van der Waals surface area contributed by atoms with Crippen LogP contribution in [-0.2, 0) is 9.59 Å². The minimum atomic E-state index is -0.401. The number of carbonyl (C=O) groups excluding carboxylic acids is 2. The lowest BCUT2D eigenvalue weighted by Gasteiger charge is -2.38. The Labute approximate surface area is 202 Å². The van der Waals surface area contributed by atoms with Crippen LogP contribution in [0.15, 0.2) is 48.5 Å². The number of anilines is 2. The summed E-state index contributed by atoms with van der Waals surface area (Å²) in [5, 5.41) is 0. The Kier molecular flexibility index (Phi) is 8.06. The molecule has 0 bridgehead atoms. The molecule has 2 saturated heterocycles. The summed E-state index contributed by atoms with van der Waals surface area (Å²) in [5.41, 5.74) is 1.68. The van der Waals surface area contributed by atoms with E-state index >= 15 is 0 Å². The molecule has 2 aromatic carbocycles. The molecular formula is C27H35N3O4. The lowest BCUT2D eigenvalue weighted by Crippen LogP contribution is -2.52. The monoisotopic (exact) mass is 465 g/mol. The third-order valence-corrected chi connectivity index (χ3v) is 6.67. The molecule has 0 aliphatic carbocycles. The van der Waals surface area contributed by atoms with Gasteiger partial charge in [0.2, 0.25) is 5.91 Å². The number of piperazine rings is 1. The van der Waals surface area contributed by atoms with E-state index in [4.69, 9.17) is 9.47 Å². The van der Waals surface area contributed by atoms with Crippen molar-refractivity contribution in [2.75, 3.05) is 49.7 Å². The van der Waals surface area contributed by atoms with Crippen LogP contribution >= 0.6 is 0 Å². The fourth-order valence-corrected chi connectivity index (χ4v) is 4.75. The van der Waals surface area contributed by atoms with Gasteiger partial charge in [0, 0.05) is 26.2 Å². The van der Waals surface area contributed by atoms with Crippen LogP contribution in [0.1, 0.15) is 39.0 Å². The van der Waals surface area contributed by atoms with Crippen LogP contribution in [-0.4, -0.2) is 62.7 Å². The Morgan fingerprint density at radius 3 is 2.35 bits per heavy atom. The molecule has 0 spiro atoms. The predicted octanol–water partition coefficient (Wildman–Crippen LogP) is 4.11. The van der Waals surface area contributed by atoms with E-state index in [1.54, 1.807) is 19.2 Å². The van der Waals surface area contributed by atoms with Gasteiger partial charge < -0.3 is 14.4 Å². The minimum Gasteiger partial charge on any atom is -0.495 e. The highest BCUT2D eigenvalue weighted by molar-refractivity contribution is 6.22. The SMILES string of the molecule is CCCCCCOc1ccc(N2C(=O)C[C@@H](N3CCN(c4ccccc4OC)CC3)C2=O)cc1. The third-order valence-electron chi connectivity index (χ3n) is 6.67. The Morgan fingerprint density at radius 1 is 0.912 bits per heavy atom. The number of para-hydroxylation sites is 2. The number of amides is 2. The second-order valence-electron chi connectivity index (χ2n) is 8.89. The van der Waals surface area contributed by atoms with Crippen molar-refractivity contribution in [2.45, 2.75) is 45.1 Å². The highest BCUT2D eigenvalue weighted by Gasteiger charge is 2.43. The highest BCUT2D eigenvalue weighted by atomic mass is 16.5. The first-order valence-electron chi connectivity index (χ1n) is 12.3. The Hall–Kier alpha value is -3.06. The number of ether oxygens (including phenoxy) is 2. The van der Waals surface area contributed by atoms with Gasteiger partial charge in [0.05, 0.1) is 37.6 Å². The van der Waals surface area contributed by atoms with Crippen molar-refractivity contribution in [1.29, 1.82) is 0 Å². The highest BCUT2D eigenvalue weighted by Crippen LogP contribution is 2.31. The van der Waals surface area contributed by atoms with Crippen LogP contribution in [0, 0.1) is 0 Å². The van der Waals surface area contributed by atoms with Gasteiger partial charge in [0.15, 0.2) is 0 Å². The van der Waals surface area contributed by atoms with Gasteiger partial charge in [-0.2, -0.15) is 0 Å². The van der Waals surface area contributed by atoms with Gasteiger partial charge in [-0.05, 0) is 42.8 Å². The van der Waals surface area contributed by atoms with Crippen molar-refractivity contribution >= 4 is 23.2 Å². The fourth-order valence-electron chi connectivity index (χ4n) is 4.75. The lowest BCUT2D eigenvalue weighted by atomic mass is 10.1. The molecule has 0 radical (unpaired) electrons. The van der Waals surface area contributed by atoms with Gasteiger partial charge >= 0.3 is 0 Å². The summed E-state index contributed by atoms with van der Waals surface area (Å²) in [6.45, 7) is 5.88. The first kappa shape index (κ1) is 24.1. The average molecular weight is 466 g/mol. The molecule has 2 aliphatic rings. The Morgan fingerprint density at radius 2 is 1.65 bits per heavy atom. The van der Waals surface area contributed by atoms with Crippen molar-refractivity contribution in [1.82, 2.24) is 4.90 Å². The number of rotatable bonds is 10. The van der Waals surface area contributed by atoms with Crippen molar-refractivity contribution in [3.63, 3.8) is 0 Å². The number of unbranched alkanes of at least 4 members (excludes halogenated alkanes) is 3. The maximum Gasteiger partial charge on any atom is 0.251 e. The molecule has 2 amide bonds. The van der Waals surface area contributed by atoms with E-state index in [1.165, 1.54) is 24.2 Å². The molecule has 0 saturated carbocycles. The average Bonchev–Trinajstić information content (AvgIpc) is 3.18. The molecule has 2 aliphatic heterocycles. The van der Waals surface area contributed by atoms with Crippen molar-refractivity contribution in [3.8, 4) is 11.5 Å². The molecule has 2 aromatic rings. The maximum absolute atomic E-state index is 13.2. The molecule has 7 heteroatoms. The zero-order chi connectivity index (χ0) is 23.9. The first-order valence-corrected chi connectivity index (χ1v) is 12.3. The Bertz CT molecular complexity index is 970. The molecule has 2 heterocycles. The van der Waals surface area contributed by atoms with Crippen LogP contribution < -0.4 is 19.3 Å². The lowest BCUT2D eigenvalue weighted by molar-refractivity contribution is -0.123. The second-order valence-corrected chi connectivity index (χ2v) is 8.89. The molecule has 4 rings (SSSR count). The van der Waals surface area contributed by atoms with Gasteiger partial charge in [0.1, 0.15) is 11.5 Å². The summed E-state index contributed by atoms with van der Waals surface area (Å²) in [6, 6.07) is 14.9. The fraction of sp³-hybridized carbons (Fsp3) is 0.481. The van der Waals surface area contributed by atoms with E-state index in [0.717, 1.165) is 49.8 Å².